The van der Waals surface area contributed by atoms with Gasteiger partial charge in [-0.05, 0) is 37.5 Å². The first-order valence-corrected chi connectivity index (χ1v) is 8.84. The van der Waals surface area contributed by atoms with Gasteiger partial charge in [0.15, 0.2) is 6.29 Å². The number of hydrogen-bond acceptors (Lipinski definition) is 6. The molecule has 1 aliphatic heterocycles. The summed E-state index contributed by atoms with van der Waals surface area (Å²) >= 11 is 1.24. The largest absolute Gasteiger partial charge is 1.00 e. The van der Waals surface area contributed by atoms with Gasteiger partial charge < -0.3 is 19.5 Å². The van der Waals surface area contributed by atoms with Crippen molar-refractivity contribution in [3.8, 4) is 5.75 Å². The van der Waals surface area contributed by atoms with Gasteiger partial charge in [0.2, 0.25) is 0 Å². The molecule has 5 nitrogen and oxygen atoms in total. The summed E-state index contributed by atoms with van der Waals surface area (Å²) in [4.78, 5) is 24.9. The average molecular weight is 388 g/mol. The maximum Gasteiger partial charge on any atom is 1.00 e. The van der Waals surface area contributed by atoms with Gasteiger partial charge >= 0.3 is 51.4 Å². The Balaban J connectivity index is 0.00000312. The second kappa shape index (κ2) is 10.1. The summed E-state index contributed by atoms with van der Waals surface area (Å²) in [6.07, 6.45) is 0.773. The number of aliphatic carboxylic acids is 1. The number of carbonyl (C=O) groups is 2. The Hall–Kier alpha value is -0.314. The van der Waals surface area contributed by atoms with Crippen molar-refractivity contribution in [3.05, 3.63) is 39.9 Å². The van der Waals surface area contributed by atoms with Crippen LogP contribution >= 0.6 is 11.8 Å². The minimum atomic E-state index is -1.16. The molecule has 0 N–H and O–H groups in total. The van der Waals surface area contributed by atoms with Gasteiger partial charge in [-0.25, -0.2) is 0 Å². The minimum absolute atomic E-state index is 0. The van der Waals surface area contributed by atoms with Crippen LogP contribution in [0.3, 0.4) is 0 Å². The summed E-state index contributed by atoms with van der Waals surface area (Å²) in [5.41, 5.74) is 2.04. The van der Waals surface area contributed by atoms with E-state index >= 15 is 0 Å². The smallest absolute Gasteiger partial charge is 0.544 e. The van der Waals surface area contributed by atoms with Crippen molar-refractivity contribution in [2.24, 2.45) is 5.92 Å². The van der Waals surface area contributed by atoms with Crippen molar-refractivity contribution in [1.82, 2.24) is 4.90 Å². The molecule has 1 atom stereocenters. The zero-order valence-electron chi connectivity index (χ0n) is 15.4. The number of aldehydes is 1. The monoisotopic (exact) mass is 387 g/mol. The van der Waals surface area contributed by atoms with Gasteiger partial charge in [0, 0.05) is 12.2 Å². The number of benzene rings is 1. The van der Waals surface area contributed by atoms with Gasteiger partial charge in [-0.1, -0.05) is 31.7 Å². The Morgan fingerprint density at radius 1 is 1.44 bits per heavy atom. The molecular weight excluding hydrogens is 365 g/mol. The molecule has 0 saturated heterocycles. The molecule has 0 aromatic heterocycles. The van der Waals surface area contributed by atoms with Gasteiger partial charge in [0.1, 0.15) is 11.1 Å². The normalized spacial score (nSPS) is 16.8. The van der Waals surface area contributed by atoms with Crippen LogP contribution < -0.4 is 61.2 Å². The van der Waals surface area contributed by atoms with E-state index in [0.29, 0.717) is 36.1 Å². The van der Waals surface area contributed by atoms with Gasteiger partial charge in [0.05, 0.1) is 23.0 Å². The van der Waals surface area contributed by atoms with Crippen molar-refractivity contribution in [2.45, 2.75) is 33.1 Å². The maximum absolute atomic E-state index is 11.4. The minimum Gasteiger partial charge on any atom is -0.544 e. The molecular formula is C18H22KNO4S. The molecule has 0 bridgehead atoms. The molecule has 1 aromatic carbocycles. The van der Waals surface area contributed by atoms with E-state index in [1.807, 2.05) is 31.7 Å². The molecule has 25 heavy (non-hydrogen) atoms. The second-order valence-corrected chi connectivity index (χ2v) is 7.17. The standard InChI is InChI=1S/C18H23NO4S.K/c1-5-19-12(4)16(18(21)22)24-17(19)13-6-7-15(14(8-13)9-20)23-10-11(2)3;/h6-9,11,17H,5,10H2,1-4H3,(H,21,22);/q;+1/p-1. The van der Waals surface area contributed by atoms with Crippen molar-refractivity contribution < 1.29 is 70.8 Å². The van der Waals surface area contributed by atoms with Gasteiger partial charge in [-0.2, -0.15) is 0 Å². The summed E-state index contributed by atoms with van der Waals surface area (Å²) in [7, 11) is 0. The van der Waals surface area contributed by atoms with Crippen LogP contribution in [0, 0.1) is 5.92 Å². The molecule has 0 aliphatic carbocycles. The number of carboxylic acid groups (broad SMARTS) is 1. The summed E-state index contributed by atoms with van der Waals surface area (Å²) < 4.78 is 5.67. The number of rotatable bonds is 7. The third-order valence-electron chi connectivity index (χ3n) is 3.82. The molecule has 1 aliphatic rings. The van der Waals surface area contributed by atoms with Crippen LogP contribution in [0.1, 0.15) is 49.0 Å². The third kappa shape index (κ3) is 5.34. The first kappa shape index (κ1) is 22.7. The molecule has 0 amide bonds. The first-order chi connectivity index (χ1) is 11.4. The number of thioether (sulfide) groups is 1. The summed E-state index contributed by atoms with van der Waals surface area (Å²) in [6.45, 7) is 9.04. The Bertz CT molecular complexity index is 675. The molecule has 130 valence electrons. The molecule has 0 saturated carbocycles. The first-order valence-electron chi connectivity index (χ1n) is 7.96. The van der Waals surface area contributed by atoms with E-state index in [-0.39, 0.29) is 61.7 Å². The Morgan fingerprint density at radius 2 is 2.12 bits per heavy atom. The van der Waals surface area contributed by atoms with Gasteiger partial charge in [-0.15, -0.1) is 0 Å². The fourth-order valence-corrected chi connectivity index (χ4v) is 3.94. The van der Waals surface area contributed by atoms with Gasteiger partial charge in [0.25, 0.3) is 0 Å². The number of carbonyl (C=O) groups excluding carboxylic acids is 2. The number of ether oxygens (including phenoxy) is 1. The molecule has 0 radical (unpaired) electrons. The summed E-state index contributed by atoms with van der Waals surface area (Å²) in [5.74, 6) is -0.244. The fourth-order valence-electron chi connectivity index (χ4n) is 2.61. The SMILES string of the molecule is CCN1C(C)=C(C(=O)[O-])SC1c1ccc(OCC(C)C)c(C=O)c1.[K+]. The predicted molar refractivity (Wildman–Crippen MR) is 92.6 cm³/mol. The fraction of sp³-hybridized carbons (Fsp3) is 0.444. The van der Waals surface area contributed by atoms with E-state index in [1.165, 1.54) is 11.8 Å². The Kier molecular flexibility index (Phi) is 9.21. The van der Waals surface area contributed by atoms with Crippen molar-refractivity contribution in [2.75, 3.05) is 13.2 Å². The van der Waals surface area contributed by atoms with Crippen molar-refractivity contribution >= 4 is 24.0 Å². The van der Waals surface area contributed by atoms with Crippen LogP contribution in [0.25, 0.3) is 0 Å². The van der Waals surface area contributed by atoms with Crippen LogP contribution in [-0.4, -0.2) is 30.3 Å². The summed E-state index contributed by atoms with van der Waals surface area (Å²) in [6, 6.07) is 5.44. The number of nitrogens with zero attached hydrogens (tertiary/aromatic N) is 1. The molecule has 1 aromatic rings. The van der Waals surface area contributed by atoms with Crippen LogP contribution in [0.2, 0.25) is 0 Å². The van der Waals surface area contributed by atoms with Crippen LogP contribution in [0.4, 0.5) is 0 Å². The van der Waals surface area contributed by atoms with Crippen LogP contribution in [-0.2, 0) is 4.79 Å². The zero-order chi connectivity index (χ0) is 17.9. The molecule has 0 fully saturated rings. The second-order valence-electron chi connectivity index (χ2n) is 6.08. The van der Waals surface area contributed by atoms with E-state index in [9.17, 15) is 14.7 Å². The number of hydrogen-bond donors (Lipinski definition) is 0. The molecule has 0 spiro atoms. The van der Waals surface area contributed by atoms with Crippen LogP contribution in [0.5, 0.6) is 5.75 Å². The summed E-state index contributed by atoms with van der Waals surface area (Å²) in [5, 5.41) is 11.1. The zero-order valence-corrected chi connectivity index (χ0v) is 19.3. The van der Waals surface area contributed by atoms with Gasteiger partial charge in [-0.3, -0.25) is 4.79 Å². The molecule has 1 unspecified atom stereocenters. The average Bonchev–Trinajstić information content (AvgIpc) is 2.89. The van der Waals surface area contributed by atoms with Crippen molar-refractivity contribution in [1.29, 1.82) is 0 Å². The topological polar surface area (TPSA) is 69.7 Å². The Labute approximate surface area is 195 Å². The number of carboxylic acids is 1. The maximum atomic E-state index is 11.4. The quantitative estimate of drug-likeness (QED) is 0.468. The van der Waals surface area contributed by atoms with Crippen LogP contribution in [0.15, 0.2) is 28.8 Å². The van der Waals surface area contributed by atoms with E-state index in [2.05, 4.69) is 0 Å². The molecule has 2 rings (SSSR count). The molecule has 1 heterocycles. The van der Waals surface area contributed by atoms with E-state index in [4.69, 9.17) is 4.74 Å². The molecule has 7 heteroatoms. The number of allylic oxidation sites excluding steroid dienone is 1. The van der Waals surface area contributed by atoms with E-state index in [1.54, 1.807) is 19.1 Å². The third-order valence-corrected chi connectivity index (χ3v) is 5.26. The van der Waals surface area contributed by atoms with Crippen molar-refractivity contribution in [3.63, 3.8) is 0 Å². The van der Waals surface area contributed by atoms with E-state index in [0.717, 1.165) is 11.8 Å². The predicted octanol–water partition coefficient (Wildman–Crippen LogP) is -0.413. The van der Waals surface area contributed by atoms with E-state index < -0.39 is 5.97 Å². The Morgan fingerprint density at radius 3 is 2.64 bits per heavy atom.